The van der Waals surface area contributed by atoms with E-state index in [1.54, 1.807) is 24.3 Å². The standard InChI is InChI=1S/C13H8Cl2N2O/c14-8-2-4-11-12(6-8)18-13(17-11)7-1-3-10(16)9(15)5-7/h1-6H,16H2. The van der Waals surface area contributed by atoms with E-state index in [9.17, 15) is 0 Å². The Morgan fingerprint density at radius 3 is 2.67 bits per heavy atom. The third-order valence-corrected chi connectivity index (χ3v) is 3.16. The monoisotopic (exact) mass is 278 g/mol. The lowest BCUT2D eigenvalue weighted by molar-refractivity contribution is 0.620. The number of halogens is 2. The Balaban J connectivity index is 2.16. The Hall–Kier alpha value is -1.71. The van der Waals surface area contributed by atoms with E-state index in [0.717, 1.165) is 11.1 Å². The van der Waals surface area contributed by atoms with Gasteiger partial charge in [0.15, 0.2) is 5.58 Å². The normalized spacial score (nSPS) is 11.0. The van der Waals surface area contributed by atoms with Crippen molar-refractivity contribution in [1.82, 2.24) is 4.98 Å². The molecule has 2 aromatic carbocycles. The number of nitrogens with zero attached hydrogens (tertiary/aromatic N) is 1. The third kappa shape index (κ3) is 1.92. The Morgan fingerprint density at radius 2 is 1.89 bits per heavy atom. The number of benzene rings is 2. The van der Waals surface area contributed by atoms with Crippen molar-refractivity contribution in [2.45, 2.75) is 0 Å². The summed E-state index contributed by atoms with van der Waals surface area (Å²) in [5, 5.41) is 1.09. The first-order chi connectivity index (χ1) is 8.63. The van der Waals surface area contributed by atoms with Crippen LogP contribution in [-0.2, 0) is 0 Å². The number of fused-ring (bicyclic) bond motifs is 1. The number of anilines is 1. The van der Waals surface area contributed by atoms with E-state index >= 15 is 0 Å². The summed E-state index contributed by atoms with van der Waals surface area (Å²) in [7, 11) is 0. The van der Waals surface area contributed by atoms with Gasteiger partial charge in [-0.05, 0) is 30.3 Å². The molecule has 0 bridgehead atoms. The molecular weight excluding hydrogens is 271 g/mol. The summed E-state index contributed by atoms with van der Waals surface area (Å²) < 4.78 is 5.63. The predicted molar refractivity (Wildman–Crippen MR) is 73.9 cm³/mol. The molecule has 3 rings (SSSR count). The first kappa shape index (κ1) is 11.4. The second-order valence-corrected chi connectivity index (χ2v) is 4.71. The highest BCUT2D eigenvalue weighted by Crippen LogP contribution is 2.29. The number of hydrogen-bond acceptors (Lipinski definition) is 3. The molecule has 0 spiro atoms. The van der Waals surface area contributed by atoms with E-state index in [-0.39, 0.29) is 0 Å². The summed E-state index contributed by atoms with van der Waals surface area (Å²) >= 11 is 11.9. The van der Waals surface area contributed by atoms with Crippen LogP contribution in [0.3, 0.4) is 0 Å². The van der Waals surface area contributed by atoms with E-state index in [1.807, 2.05) is 12.1 Å². The smallest absolute Gasteiger partial charge is 0.227 e. The van der Waals surface area contributed by atoms with Gasteiger partial charge in [-0.3, -0.25) is 0 Å². The highest BCUT2D eigenvalue weighted by atomic mass is 35.5. The fraction of sp³-hybridized carbons (Fsp3) is 0. The maximum Gasteiger partial charge on any atom is 0.227 e. The SMILES string of the molecule is Nc1ccc(-c2nc3ccc(Cl)cc3o2)cc1Cl. The molecule has 1 aromatic heterocycles. The fourth-order valence-electron chi connectivity index (χ4n) is 1.68. The van der Waals surface area contributed by atoms with E-state index < -0.39 is 0 Å². The van der Waals surface area contributed by atoms with Crippen molar-refractivity contribution in [2.24, 2.45) is 0 Å². The zero-order valence-corrected chi connectivity index (χ0v) is 10.7. The van der Waals surface area contributed by atoms with Crippen LogP contribution in [0.15, 0.2) is 40.8 Å². The first-order valence-corrected chi connectivity index (χ1v) is 6.00. The van der Waals surface area contributed by atoms with Crippen molar-refractivity contribution in [1.29, 1.82) is 0 Å². The van der Waals surface area contributed by atoms with Crippen LogP contribution in [0, 0.1) is 0 Å². The molecule has 90 valence electrons. The predicted octanol–water partition coefficient (Wildman–Crippen LogP) is 4.38. The van der Waals surface area contributed by atoms with Crippen LogP contribution in [0.5, 0.6) is 0 Å². The molecule has 3 nitrogen and oxygen atoms in total. The summed E-state index contributed by atoms with van der Waals surface area (Å²) in [5.41, 5.74) is 8.36. The van der Waals surface area contributed by atoms with Crippen LogP contribution < -0.4 is 5.73 Å². The lowest BCUT2D eigenvalue weighted by Gasteiger charge is -1.99. The minimum absolute atomic E-state index is 0.479. The average Bonchev–Trinajstić information content (AvgIpc) is 2.75. The lowest BCUT2D eigenvalue weighted by atomic mass is 10.2. The topological polar surface area (TPSA) is 52.0 Å². The average molecular weight is 279 g/mol. The van der Waals surface area contributed by atoms with Crippen LogP contribution in [0.1, 0.15) is 0 Å². The fourth-order valence-corrected chi connectivity index (χ4v) is 2.02. The van der Waals surface area contributed by atoms with Crippen LogP contribution in [0.25, 0.3) is 22.6 Å². The van der Waals surface area contributed by atoms with E-state index in [1.165, 1.54) is 0 Å². The molecule has 0 aliphatic carbocycles. The minimum atomic E-state index is 0.479. The van der Waals surface area contributed by atoms with E-state index in [2.05, 4.69) is 4.98 Å². The van der Waals surface area contributed by atoms with E-state index in [0.29, 0.717) is 27.2 Å². The molecule has 18 heavy (non-hydrogen) atoms. The minimum Gasteiger partial charge on any atom is -0.436 e. The van der Waals surface area contributed by atoms with Gasteiger partial charge in [0.05, 0.1) is 10.7 Å². The second-order valence-electron chi connectivity index (χ2n) is 3.87. The molecule has 0 radical (unpaired) electrons. The molecule has 0 saturated carbocycles. The molecule has 0 saturated heterocycles. The number of nitrogen functional groups attached to an aromatic ring is 1. The van der Waals surface area contributed by atoms with Gasteiger partial charge in [0.2, 0.25) is 5.89 Å². The number of hydrogen-bond donors (Lipinski definition) is 1. The van der Waals surface area contributed by atoms with Gasteiger partial charge in [0.25, 0.3) is 0 Å². The number of nitrogens with two attached hydrogens (primary N) is 1. The van der Waals surface area contributed by atoms with Crippen LogP contribution in [0.2, 0.25) is 10.0 Å². The van der Waals surface area contributed by atoms with Crippen molar-refractivity contribution >= 4 is 40.0 Å². The van der Waals surface area contributed by atoms with E-state index in [4.69, 9.17) is 33.4 Å². The van der Waals surface area contributed by atoms with Crippen LogP contribution >= 0.6 is 23.2 Å². The number of rotatable bonds is 1. The van der Waals surface area contributed by atoms with Gasteiger partial charge in [0.1, 0.15) is 5.52 Å². The van der Waals surface area contributed by atoms with Crippen molar-refractivity contribution in [3.8, 4) is 11.5 Å². The molecule has 0 aliphatic rings. The molecule has 0 unspecified atom stereocenters. The summed E-state index contributed by atoms with van der Waals surface area (Å²) in [4.78, 5) is 4.37. The molecule has 0 atom stereocenters. The zero-order valence-electron chi connectivity index (χ0n) is 9.15. The van der Waals surface area contributed by atoms with Gasteiger partial charge in [0, 0.05) is 16.7 Å². The number of aromatic nitrogens is 1. The zero-order chi connectivity index (χ0) is 12.7. The second kappa shape index (κ2) is 4.19. The molecule has 0 amide bonds. The lowest BCUT2D eigenvalue weighted by Crippen LogP contribution is -1.86. The Morgan fingerprint density at radius 1 is 1.06 bits per heavy atom. The number of oxazole rings is 1. The molecule has 1 heterocycles. The van der Waals surface area contributed by atoms with Gasteiger partial charge in [-0.1, -0.05) is 23.2 Å². The Kier molecular flexibility index (Phi) is 2.65. The molecule has 0 aliphatic heterocycles. The Labute approximate surface area is 113 Å². The van der Waals surface area contributed by atoms with Crippen LogP contribution in [0.4, 0.5) is 5.69 Å². The molecular formula is C13H8Cl2N2O. The van der Waals surface area contributed by atoms with Crippen molar-refractivity contribution in [3.63, 3.8) is 0 Å². The highest BCUT2D eigenvalue weighted by Gasteiger charge is 2.09. The van der Waals surface area contributed by atoms with Gasteiger partial charge in [-0.2, -0.15) is 0 Å². The maximum absolute atomic E-state index is 5.97. The van der Waals surface area contributed by atoms with Crippen LogP contribution in [-0.4, -0.2) is 4.98 Å². The largest absolute Gasteiger partial charge is 0.436 e. The highest BCUT2D eigenvalue weighted by molar-refractivity contribution is 6.33. The quantitative estimate of drug-likeness (QED) is 0.672. The maximum atomic E-state index is 5.97. The summed E-state index contributed by atoms with van der Waals surface area (Å²) in [6.07, 6.45) is 0. The van der Waals surface area contributed by atoms with Gasteiger partial charge >= 0.3 is 0 Å². The van der Waals surface area contributed by atoms with Gasteiger partial charge < -0.3 is 10.2 Å². The van der Waals surface area contributed by atoms with Crippen molar-refractivity contribution < 1.29 is 4.42 Å². The van der Waals surface area contributed by atoms with Gasteiger partial charge in [-0.25, -0.2) is 4.98 Å². The molecule has 3 aromatic rings. The third-order valence-electron chi connectivity index (χ3n) is 2.60. The van der Waals surface area contributed by atoms with Gasteiger partial charge in [-0.15, -0.1) is 0 Å². The first-order valence-electron chi connectivity index (χ1n) is 5.25. The summed E-state index contributed by atoms with van der Waals surface area (Å²) in [6, 6.07) is 10.6. The Bertz CT molecular complexity index is 737. The molecule has 0 fully saturated rings. The van der Waals surface area contributed by atoms with Crippen molar-refractivity contribution in [3.05, 3.63) is 46.4 Å². The summed E-state index contributed by atoms with van der Waals surface area (Å²) in [6.45, 7) is 0. The van der Waals surface area contributed by atoms with Crippen molar-refractivity contribution in [2.75, 3.05) is 5.73 Å². The molecule has 5 heteroatoms. The summed E-state index contributed by atoms with van der Waals surface area (Å²) in [5.74, 6) is 0.495. The molecule has 2 N–H and O–H groups in total.